The highest BCUT2D eigenvalue weighted by molar-refractivity contribution is 6.00. The van der Waals surface area contributed by atoms with Crippen LogP contribution in [0.5, 0.6) is 0 Å². The van der Waals surface area contributed by atoms with E-state index in [1.54, 1.807) is 16.8 Å². The summed E-state index contributed by atoms with van der Waals surface area (Å²) in [6, 6.07) is 7.25. The zero-order chi connectivity index (χ0) is 52.4. The Balaban J connectivity index is 0.912. The number of esters is 2. The lowest BCUT2D eigenvalue weighted by Gasteiger charge is -2.74. The van der Waals surface area contributed by atoms with Crippen LogP contribution in [-0.4, -0.2) is 65.1 Å². The highest BCUT2D eigenvalue weighted by atomic mass is 16.6. The van der Waals surface area contributed by atoms with Crippen LogP contribution in [0.4, 0.5) is 0 Å². The van der Waals surface area contributed by atoms with E-state index in [-0.39, 0.29) is 53.0 Å². The molecule has 8 nitrogen and oxygen atoms in total. The average molecular weight is 1070 g/mol. The molecule has 420 valence electrons. The van der Waals surface area contributed by atoms with E-state index in [0.29, 0.717) is 95.3 Å². The van der Waals surface area contributed by atoms with Crippen molar-refractivity contribution < 1.29 is 24.2 Å². The first-order valence-corrected chi connectivity index (χ1v) is 33.7. The first kappa shape index (κ1) is 48.9. The van der Waals surface area contributed by atoms with Gasteiger partial charge in [0.25, 0.3) is 0 Å². The number of benzene rings is 1. The van der Waals surface area contributed by atoms with Gasteiger partial charge in [-0.15, -0.1) is 0 Å². The van der Waals surface area contributed by atoms with Gasteiger partial charge < -0.3 is 25.2 Å². The van der Waals surface area contributed by atoms with E-state index < -0.39 is 16.4 Å². The van der Waals surface area contributed by atoms with Gasteiger partial charge in [0.1, 0.15) is 11.2 Å². The number of carbonyl (C=O) groups is 2. The molecular weight excluding hydrogens is 975 g/mol. The van der Waals surface area contributed by atoms with Crippen LogP contribution in [0.2, 0.25) is 0 Å². The Morgan fingerprint density at radius 3 is 2.30 bits per heavy atom. The van der Waals surface area contributed by atoms with E-state index in [2.05, 4.69) is 52.3 Å². The van der Waals surface area contributed by atoms with E-state index in [1.807, 2.05) is 0 Å². The van der Waals surface area contributed by atoms with E-state index in [0.717, 1.165) is 50.0 Å². The van der Waals surface area contributed by atoms with Crippen LogP contribution in [0.15, 0.2) is 76.4 Å². The van der Waals surface area contributed by atoms with Crippen molar-refractivity contribution in [2.45, 2.75) is 210 Å². The number of fused-ring (bicyclic) bond motifs is 6. The Hall–Kier alpha value is -3.62. The van der Waals surface area contributed by atoms with Gasteiger partial charge in [0.15, 0.2) is 11.4 Å². The average Bonchev–Trinajstić information content (AvgIpc) is 1.63. The maximum absolute atomic E-state index is 17.0. The maximum atomic E-state index is 17.0. The Morgan fingerprint density at radius 1 is 0.747 bits per heavy atom. The van der Waals surface area contributed by atoms with Crippen molar-refractivity contribution in [2.24, 2.45) is 97.9 Å². The molecule has 3 saturated heterocycles. The lowest BCUT2D eigenvalue weighted by molar-refractivity contribution is -0.283. The molecule has 9 fully saturated rings. The number of piperidine rings is 2. The van der Waals surface area contributed by atoms with Crippen LogP contribution in [0.1, 0.15) is 208 Å². The minimum Gasteiger partial charge on any atom is -0.509 e. The molecule has 11 aliphatic carbocycles. The summed E-state index contributed by atoms with van der Waals surface area (Å²) >= 11 is 0. The number of aryl methyl sites for hydroxylation is 1. The third-order valence-corrected chi connectivity index (χ3v) is 28.7. The van der Waals surface area contributed by atoms with Gasteiger partial charge in [0, 0.05) is 67.2 Å². The molecule has 0 radical (unpaired) electrons. The molecule has 8 heteroatoms. The summed E-state index contributed by atoms with van der Waals surface area (Å²) in [6.07, 6.45) is 46.8. The van der Waals surface area contributed by atoms with Crippen molar-refractivity contribution in [2.75, 3.05) is 26.2 Å². The normalized spacial score (nSPS) is 46.3. The Bertz CT molecular complexity index is 2930. The molecule has 9 aliphatic heterocycles. The van der Waals surface area contributed by atoms with Gasteiger partial charge >= 0.3 is 11.9 Å². The van der Waals surface area contributed by atoms with Gasteiger partial charge in [-0.1, -0.05) is 118 Å². The molecule has 0 aromatic heterocycles. The molecule has 0 amide bonds. The second-order valence-corrected chi connectivity index (χ2v) is 31.0. The topological polar surface area (TPSA) is 105 Å². The molecule has 12 bridgehead atoms. The Labute approximate surface area is 471 Å². The summed E-state index contributed by atoms with van der Waals surface area (Å²) in [7, 11) is 0. The van der Waals surface area contributed by atoms with Gasteiger partial charge in [-0.3, -0.25) is 9.69 Å². The predicted molar refractivity (Wildman–Crippen MR) is 305 cm³/mol. The first-order valence-electron chi connectivity index (χ1n) is 33.7. The van der Waals surface area contributed by atoms with Crippen LogP contribution in [-0.2, 0) is 26.3 Å². The fourth-order valence-electron chi connectivity index (χ4n) is 26.4. The SMILES string of the molecule is NCCCc1cccc2c1C(=O)O[C@@]21[C@H]2C[C@H](C3CCCCC3)/C=C\[C@H]3C4=C5CC[C@]16/C(=C(\O)C[C@H](C1CC7(CCCC7)C7(CCCC7)C1)N1C[C@H]7C[C@@H](C1)[C@@H]1CCC8=C([C@@H]5[C@@H]5[C@H]3C=CC3(CCCCC3)[C@@H]5C8)N1C7)OC(=O)[C@]426. The number of ether oxygens (including phenoxy) is 2. The number of aliphatic hydroxyl groups is 1. The van der Waals surface area contributed by atoms with Crippen LogP contribution < -0.4 is 5.73 Å². The molecule has 9 heterocycles. The fraction of sp³-hybridized carbons (Fsp3) is 0.746. The number of nitrogens with two attached hydrogens (primary N) is 1. The predicted octanol–water partition coefficient (Wildman–Crippen LogP) is 14.1. The smallest absolute Gasteiger partial charge is 0.339 e. The molecular formula is C71H91N3O5. The number of aliphatic hydroxyl groups excluding tert-OH is 1. The molecule has 79 heavy (non-hydrogen) atoms. The molecule has 21 rings (SSSR count). The largest absolute Gasteiger partial charge is 0.509 e. The van der Waals surface area contributed by atoms with Gasteiger partial charge in [0.2, 0.25) is 0 Å². The van der Waals surface area contributed by atoms with E-state index >= 15 is 9.59 Å². The van der Waals surface area contributed by atoms with E-state index in [1.165, 1.54) is 160 Å². The van der Waals surface area contributed by atoms with Crippen LogP contribution in [0.25, 0.3) is 0 Å². The summed E-state index contributed by atoms with van der Waals surface area (Å²) in [5.74, 6) is 4.26. The summed E-state index contributed by atoms with van der Waals surface area (Å²) < 4.78 is 15.0. The van der Waals surface area contributed by atoms with Crippen LogP contribution in [0, 0.1) is 92.2 Å². The third kappa shape index (κ3) is 5.93. The molecule has 1 unspecified atom stereocenters. The first-order chi connectivity index (χ1) is 38.7. The monoisotopic (exact) mass is 1070 g/mol. The number of hydrogen-bond acceptors (Lipinski definition) is 8. The number of rotatable bonds is 5. The fourth-order valence-corrected chi connectivity index (χ4v) is 26.4. The summed E-state index contributed by atoms with van der Waals surface area (Å²) in [5.41, 5.74) is 13.2. The van der Waals surface area contributed by atoms with Gasteiger partial charge in [0.05, 0.1) is 11.0 Å². The van der Waals surface area contributed by atoms with Gasteiger partial charge in [-0.25, -0.2) is 4.79 Å². The van der Waals surface area contributed by atoms with Crippen molar-refractivity contribution in [3.8, 4) is 0 Å². The van der Waals surface area contributed by atoms with Crippen molar-refractivity contribution in [1.29, 1.82) is 0 Å². The van der Waals surface area contributed by atoms with Crippen molar-refractivity contribution in [1.82, 2.24) is 9.80 Å². The molecule has 3 N–H and O–H groups in total. The summed E-state index contributed by atoms with van der Waals surface area (Å²) in [4.78, 5) is 38.7. The summed E-state index contributed by atoms with van der Waals surface area (Å²) in [5, 5.41) is 14.1. The highest BCUT2D eigenvalue weighted by Crippen LogP contribution is 2.89. The Morgan fingerprint density at radius 2 is 1.52 bits per heavy atom. The zero-order valence-electron chi connectivity index (χ0n) is 47.6. The van der Waals surface area contributed by atoms with Gasteiger partial charge in [-0.05, 0) is 203 Å². The second kappa shape index (κ2) is 17.0. The quantitative estimate of drug-likeness (QED) is 0.222. The molecule has 15 atom stereocenters. The lowest BCUT2D eigenvalue weighted by atomic mass is 9.26. The van der Waals surface area contributed by atoms with E-state index in [4.69, 9.17) is 15.2 Å². The molecule has 20 aliphatic rings. The lowest BCUT2D eigenvalue weighted by Crippen LogP contribution is -2.78. The van der Waals surface area contributed by atoms with E-state index in [9.17, 15) is 5.11 Å². The standard InChI is InChI=1S/C71H91N3O5/c72-32-12-16-44-15-11-17-52-58(44)64(76)79-71(52)57-35-45(43-13-3-1-4-14-43)18-20-50-49-22-30-66(24-5-2-6-25-66)53-34-46-19-21-54-47-33-42-39-73(41-47)55(48-37-67(26-7-8-27-67)68(38-48)28-9-10-29-68)36-56(75)63-69(71)31-23-51(61(50)70(57,69)65(77)78-63)60(59(49)53)62(46)74(54)40-42/h11,15,17-18,20,22,30,42-43,45,47-50,53-55,57,59-60,75H,1-10,12-14,16,19,21,23-29,31-41,72H2/b20-18-,63-56+/t42-,45-,47+,49+,50-,53-,54+,55-,57+,59-,60+,69-,70-,71-/m1/s1. The minimum atomic E-state index is -1.16. The number of nitrogens with zero attached hydrogens (tertiary/aromatic N) is 2. The third-order valence-electron chi connectivity index (χ3n) is 28.7. The second-order valence-electron chi connectivity index (χ2n) is 31.0. The van der Waals surface area contributed by atoms with Crippen LogP contribution in [0.3, 0.4) is 0 Å². The Kier molecular flexibility index (Phi) is 10.5. The van der Waals surface area contributed by atoms with Crippen molar-refractivity contribution in [3.63, 3.8) is 0 Å². The number of hydrogen-bond donors (Lipinski definition) is 2. The summed E-state index contributed by atoms with van der Waals surface area (Å²) in [6.45, 7) is 3.91. The number of carbonyl (C=O) groups excluding carboxylic acids is 2. The van der Waals surface area contributed by atoms with Crippen LogP contribution >= 0.6 is 0 Å². The molecule has 6 saturated carbocycles. The van der Waals surface area contributed by atoms with Gasteiger partial charge in [-0.2, -0.15) is 0 Å². The molecule has 6 spiro atoms. The molecule has 1 aromatic carbocycles. The van der Waals surface area contributed by atoms with Crippen molar-refractivity contribution >= 4 is 11.9 Å². The van der Waals surface area contributed by atoms with Crippen molar-refractivity contribution in [3.05, 3.63) is 93.1 Å². The maximum Gasteiger partial charge on any atom is 0.339 e. The minimum absolute atomic E-state index is 0.0463. The zero-order valence-corrected chi connectivity index (χ0v) is 47.6. The highest BCUT2D eigenvalue weighted by Gasteiger charge is 2.94. The number of allylic oxidation sites excluding steroid dienone is 6. The molecule has 1 aromatic rings.